The number of aromatic nitrogens is 4. The molecule has 3 aromatic heterocycles. The van der Waals surface area contributed by atoms with Crippen LogP contribution in [-0.2, 0) is 6.54 Å². The normalized spacial score (nSPS) is 11.2. The van der Waals surface area contributed by atoms with Gasteiger partial charge in [-0.05, 0) is 38.1 Å². The molecule has 0 fully saturated rings. The zero-order valence-corrected chi connectivity index (χ0v) is 18.8. The topological polar surface area (TPSA) is 154 Å². The molecule has 0 saturated carbocycles. The summed E-state index contributed by atoms with van der Waals surface area (Å²) in [5.41, 5.74) is 14.0. The average Bonchev–Trinajstić information content (AvgIpc) is 3.42. The van der Waals surface area contributed by atoms with E-state index in [1.807, 2.05) is 19.9 Å². The third-order valence-electron chi connectivity index (χ3n) is 5.44. The Bertz CT molecular complexity index is 1410. The molecule has 0 radical (unpaired) electrons. The Labute approximate surface area is 194 Å². The van der Waals surface area contributed by atoms with E-state index in [9.17, 15) is 14.0 Å². The third-order valence-corrected chi connectivity index (χ3v) is 5.44. The fourth-order valence-corrected chi connectivity index (χ4v) is 3.82. The van der Waals surface area contributed by atoms with Gasteiger partial charge in [0.05, 0.1) is 30.4 Å². The van der Waals surface area contributed by atoms with E-state index >= 15 is 0 Å². The van der Waals surface area contributed by atoms with Crippen molar-refractivity contribution in [2.45, 2.75) is 26.4 Å². The predicted octanol–water partition coefficient (Wildman–Crippen LogP) is 2.77. The lowest BCUT2D eigenvalue weighted by Gasteiger charge is -2.11. The van der Waals surface area contributed by atoms with Gasteiger partial charge in [-0.3, -0.25) is 14.6 Å². The lowest BCUT2D eigenvalue weighted by Crippen LogP contribution is -2.24. The highest BCUT2D eigenvalue weighted by Gasteiger charge is 2.25. The summed E-state index contributed by atoms with van der Waals surface area (Å²) in [6.07, 6.45) is 3.27. The fourth-order valence-electron chi connectivity index (χ4n) is 3.82. The summed E-state index contributed by atoms with van der Waals surface area (Å²) in [7, 11) is 1.40. The van der Waals surface area contributed by atoms with Gasteiger partial charge in [-0.15, -0.1) is 0 Å². The van der Waals surface area contributed by atoms with Crippen molar-refractivity contribution in [1.82, 2.24) is 25.1 Å². The molecule has 0 unspecified atom stereocenters. The van der Waals surface area contributed by atoms with Crippen molar-refractivity contribution in [1.29, 1.82) is 0 Å². The number of carbonyl (C=O) groups is 2. The first-order valence-electron chi connectivity index (χ1n) is 10.5. The van der Waals surface area contributed by atoms with E-state index in [4.69, 9.17) is 16.2 Å². The van der Waals surface area contributed by atoms with Gasteiger partial charge in [-0.1, -0.05) is 0 Å². The second-order valence-electron chi connectivity index (χ2n) is 7.92. The molecule has 1 aromatic carbocycles. The highest BCUT2D eigenvalue weighted by atomic mass is 19.1. The summed E-state index contributed by atoms with van der Waals surface area (Å²) in [6, 6.07) is 5.43. The molecule has 11 heteroatoms. The first kappa shape index (κ1) is 22.8. The summed E-state index contributed by atoms with van der Waals surface area (Å²) < 4.78 is 20.3. The van der Waals surface area contributed by atoms with E-state index in [1.54, 1.807) is 12.4 Å². The number of amides is 2. The molecule has 10 nitrogen and oxygen atoms in total. The summed E-state index contributed by atoms with van der Waals surface area (Å²) in [5, 5.41) is 7.97. The molecule has 4 rings (SSSR count). The Balaban J connectivity index is 1.70. The molecule has 0 saturated heterocycles. The summed E-state index contributed by atoms with van der Waals surface area (Å²) in [5.74, 6) is -1.32. The maximum absolute atomic E-state index is 13.6. The first-order chi connectivity index (χ1) is 16.2. The van der Waals surface area contributed by atoms with E-state index in [-0.39, 0.29) is 35.3 Å². The number of nitrogens with zero attached hydrogens (tertiary/aromatic N) is 3. The molecule has 0 aliphatic carbocycles. The Kier molecular flexibility index (Phi) is 5.93. The number of hydrogen-bond acceptors (Lipinski definition) is 6. The fraction of sp³-hybridized carbons (Fsp3) is 0.217. The molecule has 6 N–H and O–H groups in total. The van der Waals surface area contributed by atoms with Gasteiger partial charge in [-0.25, -0.2) is 9.07 Å². The number of pyridine rings is 1. The van der Waals surface area contributed by atoms with Crippen LogP contribution in [0.25, 0.3) is 22.2 Å². The standard InChI is InChI=1S/C23H24FN7O3/c1-11(2)31-21(25)18(22(26)32)20(30-31)15-9-28-16(19-13(15)6-7-27-19)10-29-23(33)14-8-12(24)4-5-17(14)34-3/h4-9,11,27H,10,25H2,1-3H3,(H2,26,32)(H,29,33). The minimum absolute atomic E-state index is 0.0566. The van der Waals surface area contributed by atoms with Crippen LogP contribution >= 0.6 is 0 Å². The lowest BCUT2D eigenvalue weighted by atomic mass is 10.0. The van der Waals surface area contributed by atoms with Crippen molar-refractivity contribution >= 4 is 28.5 Å². The van der Waals surface area contributed by atoms with Crippen molar-refractivity contribution < 1.29 is 18.7 Å². The van der Waals surface area contributed by atoms with Gasteiger partial charge in [-0.2, -0.15) is 5.10 Å². The molecular weight excluding hydrogens is 441 g/mol. The molecule has 0 aliphatic rings. The number of nitrogen functional groups attached to an aromatic ring is 1. The number of halogens is 1. The van der Waals surface area contributed by atoms with Crippen LogP contribution in [0.1, 0.15) is 46.3 Å². The number of benzene rings is 1. The smallest absolute Gasteiger partial charge is 0.255 e. The highest BCUT2D eigenvalue weighted by Crippen LogP contribution is 2.34. The van der Waals surface area contributed by atoms with E-state index in [2.05, 4.69) is 20.4 Å². The molecule has 4 aromatic rings. The Morgan fingerprint density at radius 2 is 2.06 bits per heavy atom. The van der Waals surface area contributed by atoms with Crippen molar-refractivity contribution in [3.05, 3.63) is 59.3 Å². The van der Waals surface area contributed by atoms with Crippen LogP contribution < -0.4 is 21.5 Å². The zero-order valence-electron chi connectivity index (χ0n) is 18.8. The Morgan fingerprint density at radius 1 is 1.29 bits per heavy atom. The molecule has 2 amide bonds. The monoisotopic (exact) mass is 465 g/mol. The summed E-state index contributed by atoms with van der Waals surface area (Å²) >= 11 is 0. The SMILES string of the molecule is COc1ccc(F)cc1C(=O)NCc1ncc(-c2nn(C(C)C)c(N)c2C(N)=O)c2cc[nH]c12. The first-order valence-corrected chi connectivity index (χ1v) is 10.5. The number of methoxy groups -OCH3 is 1. The second-order valence-corrected chi connectivity index (χ2v) is 7.92. The van der Waals surface area contributed by atoms with Crippen LogP contribution in [0.2, 0.25) is 0 Å². The number of fused-ring (bicyclic) bond motifs is 1. The number of aromatic amines is 1. The molecule has 176 valence electrons. The average molecular weight is 465 g/mol. The van der Waals surface area contributed by atoms with Gasteiger partial charge in [0.25, 0.3) is 11.8 Å². The molecule has 0 aliphatic heterocycles. The number of nitrogens with two attached hydrogens (primary N) is 2. The van der Waals surface area contributed by atoms with Crippen LogP contribution in [0.3, 0.4) is 0 Å². The van der Waals surface area contributed by atoms with Gasteiger partial charge in [0.2, 0.25) is 0 Å². The quantitative estimate of drug-likeness (QED) is 0.329. The number of nitrogens with one attached hydrogen (secondary N) is 2. The van der Waals surface area contributed by atoms with E-state index in [0.717, 1.165) is 11.5 Å². The highest BCUT2D eigenvalue weighted by molar-refractivity contribution is 6.07. The predicted molar refractivity (Wildman–Crippen MR) is 125 cm³/mol. The summed E-state index contributed by atoms with van der Waals surface area (Å²) in [6.45, 7) is 3.84. The number of rotatable bonds is 7. The maximum Gasteiger partial charge on any atom is 0.255 e. The molecule has 0 bridgehead atoms. The number of hydrogen-bond donors (Lipinski definition) is 4. The van der Waals surface area contributed by atoms with Crippen molar-refractivity contribution in [3.8, 4) is 17.0 Å². The van der Waals surface area contributed by atoms with E-state index in [1.165, 1.54) is 23.9 Å². The van der Waals surface area contributed by atoms with Crippen molar-refractivity contribution in [3.63, 3.8) is 0 Å². The van der Waals surface area contributed by atoms with Crippen molar-refractivity contribution in [2.75, 3.05) is 12.8 Å². The minimum atomic E-state index is -0.691. The Morgan fingerprint density at radius 3 is 2.74 bits per heavy atom. The van der Waals surface area contributed by atoms with E-state index in [0.29, 0.717) is 22.5 Å². The molecule has 3 heterocycles. The van der Waals surface area contributed by atoms with Gasteiger partial charge in [0.15, 0.2) is 0 Å². The summed E-state index contributed by atoms with van der Waals surface area (Å²) in [4.78, 5) is 32.4. The molecule has 34 heavy (non-hydrogen) atoms. The third kappa shape index (κ3) is 3.91. The van der Waals surface area contributed by atoms with Gasteiger partial charge in [0, 0.05) is 29.4 Å². The van der Waals surface area contributed by atoms with Crippen molar-refractivity contribution in [2.24, 2.45) is 5.73 Å². The second kappa shape index (κ2) is 8.85. The maximum atomic E-state index is 13.6. The minimum Gasteiger partial charge on any atom is -0.496 e. The van der Waals surface area contributed by atoms with Crippen LogP contribution in [0.15, 0.2) is 36.7 Å². The Hall–Kier alpha value is -4.41. The molecule has 0 spiro atoms. The molecule has 0 atom stereocenters. The van der Waals surface area contributed by atoms with E-state index < -0.39 is 17.6 Å². The number of carbonyl (C=O) groups excluding carboxylic acids is 2. The lowest BCUT2D eigenvalue weighted by molar-refractivity contribution is 0.0945. The van der Waals surface area contributed by atoms with Gasteiger partial charge >= 0.3 is 0 Å². The van der Waals surface area contributed by atoms with Crippen LogP contribution in [-0.4, -0.2) is 38.7 Å². The number of primary amides is 1. The van der Waals surface area contributed by atoms with Crippen LogP contribution in [0, 0.1) is 5.82 Å². The number of H-pyrrole nitrogens is 1. The number of ether oxygens (including phenoxy) is 1. The van der Waals surface area contributed by atoms with Crippen LogP contribution in [0.5, 0.6) is 5.75 Å². The largest absolute Gasteiger partial charge is 0.496 e. The molecular formula is C23H24FN7O3. The van der Waals surface area contributed by atoms with Gasteiger partial charge < -0.3 is 26.5 Å². The number of anilines is 1. The zero-order chi connectivity index (χ0) is 24.6. The van der Waals surface area contributed by atoms with Crippen LogP contribution in [0.4, 0.5) is 10.2 Å². The van der Waals surface area contributed by atoms with Gasteiger partial charge in [0.1, 0.15) is 28.6 Å².